The highest BCUT2D eigenvalue weighted by molar-refractivity contribution is 6.05. The van der Waals surface area contributed by atoms with Crippen LogP contribution < -0.4 is 10.6 Å². The van der Waals surface area contributed by atoms with E-state index in [0.717, 1.165) is 5.56 Å². The molecular weight excluding hydrogens is 372 g/mol. The zero-order chi connectivity index (χ0) is 20.8. The molecule has 29 heavy (non-hydrogen) atoms. The van der Waals surface area contributed by atoms with Gasteiger partial charge in [0, 0.05) is 5.56 Å². The Bertz CT molecular complexity index is 1010. The molecule has 0 aliphatic rings. The van der Waals surface area contributed by atoms with E-state index in [9.17, 15) is 14.4 Å². The number of hydrogen-bond acceptors (Lipinski definition) is 6. The van der Waals surface area contributed by atoms with E-state index in [2.05, 4.69) is 10.6 Å². The molecule has 3 aromatic rings. The number of furan rings is 1. The molecule has 3 rings (SSSR count). The lowest BCUT2D eigenvalue weighted by Gasteiger charge is -2.21. The lowest BCUT2D eigenvalue weighted by molar-refractivity contribution is 0.0601. The molecule has 0 aliphatic carbocycles. The average Bonchev–Trinajstić information content (AvgIpc) is 3.28. The Morgan fingerprint density at radius 3 is 2.34 bits per heavy atom. The SMILES string of the molecule is COC(=O)c1ccccc1N[C@H](NC(=O)c1ccco1)C(=O)c1ccc(C)cc1. The number of ketones is 1. The van der Waals surface area contributed by atoms with Gasteiger partial charge in [0.05, 0.1) is 24.6 Å². The molecule has 1 atom stereocenters. The van der Waals surface area contributed by atoms with Gasteiger partial charge in [-0.15, -0.1) is 0 Å². The third-order valence-electron chi connectivity index (χ3n) is 4.25. The number of rotatable bonds is 7. The number of para-hydroxylation sites is 1. The molecule has 2 aromatic carbocycles. The van der Waals surface area contributed by atoms with E-state index < -0.39 is 18.0 Å². The topological polar surface area (TPSA) is 97.6 Å². The van der Waals surface area contributed by atoms with Crippen LogP contribution in [0.25, 0.3) is 0 Å². The summed E-state index contributed by atoms with van der Waals surface area (Å²) in [4.78, 5) is 37.6. The van der Waals surface area contributed by atoms with Crippen LogP contribution in [0.4, 0.5) is 5.69 Å². The van der Waals surface area contributed by atoms with Gasteiger partial charge in [0.25, 0.3) is 5.91 Å². The van der Waals surface area contributed by atoms with Crippen molar-refractivity contribution >= 4 is 23.3 Å². The predicted molar refractivity (Wildman–Crippen MR) is 107 cm³/mol. The first-order valence-corrected chi connectivity index (χ1v) is 8.88. The normalized spacial score (nSPS) is 11.4. The summed E-state index contributed by atoms with van der Waals surface area (Å²) in [5.41, 5.74) is 2.00. The molecule has 7 heteroatoms. The minimum absolute atomic E-state index is 0.0646. The highest BCUT2D eigenvalue weighted by atomic mass is 16.5. The second-order valence-corrected chi connectivity index (χ2v) is 6.30. The molecule has 0 radical (unpaired) electrons. The van der Waals surface area contributed by atoms with E-state index >= 15 is 0 Å². The molecule has 1 aromatic heterocycles. The highest BCUT2D eigenvalue weighted by Crippen LogP contribution is 2.18. The first-order valence-electron chi connectivity index (χ1n) is 8.88. The minimum atomic E-state index is -1.14. The molecule has 7 nitrogen and oxygen atoms in total. The largest absolute Gasteiger partial charge is 0.465 e. The summed E-state index contributed by atoms with van der Waals surface area (Å²) in [5.74, 6) is -1.44. The summed E-state index contributed by atoms with van der Waals surface area (Å²) in [6.45, 7) is 1.91. The van der Waals surface area contributed by atoms with Gasteiger partial charge in [-0.05, 0) is 31.2 Å². The number of amides is 1. The van der Waals surface area contributed by atoms with Gasteiger partial charge in [-0.25, -0.2) is 4.79 Å². The Morgan fingerprint density at radius 1 is 0.966 bits per heavy atom. The number of esters is 1. The smallest absolute Gasteiger partial charge is 0.339 e. The Hall–Kier alpha value is -3.87. The lowest BCUT2D eigenvalue weighted by atomic mass is 10.1. The van der Waals surface area contributed by atoms with E-state index in [1.807, 2.05) is 6.92 Å². The van der Waals surface area contributed by atoms with Crippen molar-refractivity contribution in [3.63, 3.8) is 0 Å². The first-order chi connectivity index (χ1) is 14.0. The number of anilines is 1. The molecule has 0 fully saturated rings. The van der Waals surface area contributed by atoms with Crippen molar-refractivity contribution in [1.82, 2.24) is 5.32 Å². The van der Waals surface area contributed by atoms with Crippen LogP contribution in [0.3, 0.4) is 0 Å². The third-order valence-corrected chi connectivity index (χ3v) is 4.25. The van der Waals surface area contributed by atoms with Gasteiger partial charge in [0.15, 0.2) is 11.9 Å². The summed E-state index contributed by atoms with van der Waals surface area (Å²) in [6.07, 6.45) is 0.229. The number of methoxy groups -OCH3 is 1. The Labute approximate surface area is 167 Å². The molecule has 0 spiro atoms. The van der Waals surface area contributed by atoms with Gasteiger partial charge < -0.3 is 19.8 Å². The van der Waals surface area contributed by atoms with E-state index in [1.165, 1.54) is 19.4 Å². The van der Waals surface area contributed by atoms with E-state index in [1.54, 1.807) is 54.6 Å². The first kappa shape index (κ1) is 19.9. The standard InChI is InChI=1S/C22H20N2O5/c1-14-9-11-15(12-10-14)19(25)20(24-21(26)18-8-5-13-29-18)23-17-7-4-3-6-16(17)22(27)28-2/h3-13,20,23H,1-2H3,(H,24,26)/t20-/m1/s1. The zero-order valence-electron chi connectivity index (χ0n) is 16.0. The van der Waals surface area contributed by atoms with Gasteiger partial charge in [0.1, 0.15) is 0 Å². The van der Waals surface area contributed by atoms with Crippen LogP contribution in [0.15, 0.2) is 71.3 Å². The Morgan fingerprint density at radius 2 is 1.69 bits per heavy atom. The van der Waals surface area contributed by atoms with Crippen LogP contribution in [-0.4, -0.2) is 30.9 Å². The third kappa shape index (κ3) is 4.70. The van der Waals surface area contributed by atoms with Crippen LogP contribution >= 0.6 is 0 Å². The fourth-order valence-electron chi connectivity index (χ4n) is 2.71. The summed E-state index contributed by atoms with van der Waals surface area (Å²) < 4.78 is 9.89. The second kappa shape index (κ2) is 8.88. The number of benzene rings is 2. The van der Waals surface area contributed by atoms with Crippen LogP contribution in [0.5, 0.6) is 0 Å². The number of nitrogens with one attached hydrogen (secondary N) is 2. The van der Waals surface area contributed by atoms with E-state index in [-0.39, 0.29) is 17.1 Å². The monoisotopic (exact) mass is 392 g/mol. The van der Waals surface area contributed by atoms with Crippen molar-refractivity contribution in [3.8, 4) is 0 Å². The van der Waals surface area contributed by atoms with Crippen LogP contribution in [0.1, 0.15) is 36.8 Å². The number of aryl methyl sites for hydroxylation is 1. The second-order valence-electron chi connectivity index (χ2n) is 6.30. The van der Waals surface area contributed by atoms with Crippen molar-refractivity contribution < 1.29 is 23.5 Å². The Kier molecular flexibility index (Phi) is 6.09. The summed E-state index contributed by atoms with van der Waals surface area (Å²) >= 11 is 0. The molecule has 148 valence electrons. The molecule has 0 saturated heterocycles. The zero-order valence-corrected chi connectivity index (χ0v) is 16.0. The fraction of sp³-hybridized carbons (Fsp3) is 0.136. The van der Waals surface area contributed by atoms with Crippen molar-refractivity contribution in [2.24, 2.45) is 0 Å². The van der Waals surface area contributed by atoms with E-state index in [0.29, 0.717) is 11.3 Å². The van der Waals surface area contributed by atoms with Crippen molar-refractivity contribution in [2.45, 2.75) is 13.1 Å². The Balaban J connectivity index is 1.92. The molecule has 1 amide bonds. The van der Waals surface area contributed by atoms with E-state index in [4.69, 9.17) is 9.15 Å². The van der Waals surface area contributed by atoms with Crippen LogP contribution in [-0.2, 0) is 4.74 Å². The molecule has 0 bridgehead atoms. The quantitative estimate of drug-likeness (QED) is 0.363. The minimum Gasteiger partial charge on any atom is -0.465 e. The van der Waals surface area contributed by atoms with Gasteiger partial charge in [0.2, 0.25) is 5.78 Å². The average molecular weight is 392 g/mol. The molecule has 2 N–H and O–H groups in total. The number of carbonyl (C=O) groups excluding carboxylic acids is 3. The summed E-state index contributed by atoms with van der Waals surface area (Å²) in [7, 11) is 1.27. The van der Waals surface area contributed by atoms with Gasteiger partial charge in [-0.2, -0.15) is 0 Å². The van der Waals surface area contributed by atoms with Gasteiger partial charge in [-0.3, -0.25) is 9.59 Å². The summed E-state index contributed by atoms with van der Waals surface area (Å²) in [5, 5.41) is 5.56. The maximum atomic E-state index is 13.1. The molecule has 0 aliphatic heterocycles. The molecule has 1 heterocycles. The van der Waals surface area contributed by atoms with Gasteiger partial charge in [-0.1, -0.05) is 42.0 Å². The van der Waals surface area contributed by atoms with Gasteiger partial charge >= 0.3 is 5.97 Å². The maximum Gasteiger partial charge on any atom is 0.339 e. The number of carbonyl (C=O) groups is 3. The number of Topliss-reactive ketones (excluding diaryl/α,β-unsaturated/α-hetero) is 1. The molecule has 0 saturated carbocycles. The maximum absolute atomic E-state index is 13.1. The van der Waals surface area contributed by atoms with Crippen molar-refractivity contribution in [3.05, 3.63) is 89.4 Å². The molecular formula is C22H20N2O5. The number of ether oxygens (including phenoxy) is 1. The summed E-state index contributed by atoms with van der Waals surface area (Å²) in [6, 6.07) is 16.6. The van der Waals surface area contributed by atoms with Crippen molar-refractivity contribution in [1.29, 1.82) is 0 Å². The fourth-order valence-corrected chi connectivity index (χ4v) is 2.71. The van der Waals surface area contributed by atoms with Crippen molar-refractivity contribution in [2.75, 3.05) is 12.4 Å². The predicted octanol–water partition coefficient (Wildman–Crippen LogP) is 3.43. The molecule has 0 unspecified atom stereocenters. The number of hydrogen-bond donors (Lipinski definition) is 2. The lowest BCUT2D eigenvalue weighted by Crippen LogP contribution is -2.46. The highest BCUT2D eigenvalue weighted by Gasteiger charge is 2.25. The van der Waals surface area contributed by atoms with Crippen LogP contribution in [0.2, 0.25) is 0 Å². The van der Waals surface area contributed by atoms with Crippen LogP contribution in [0, 0.1) is 6.92 Å².